The van der Waals surface area contributed by atoms with E-state index in [0.29, 0.717) is 0 Å². The number of benzene rings is 2. The number of hydrogen-bond acceptors (Lipinski definition) is 5. The highest BCUT2D eigenvalue weighted by molar-refractivity contribution is 7.92. The molecule has 0 saturated heterocycles. The predicted molar refractivity (Wildman–Crippen MR) is 101 cm³/mol. The maximum absolute atomic E-state index is 15.0. The number of nitrogens with zero attached hydrogens (tertiary/aromatic N) is 2. The molecular formula is C19H11F3N4O3S. The summed E-state index contributed by atoms with van der Waals surface area (Å²) in [6.07, 6.45) is 3.76. The summed E-state index contributed by atoms with van der Waals surface area (Å²) >= 11 is 0. The van der Waals surface area contributed by atoms with Gasteiger partial charge in [0.2, 0.25) is 5.78 Å². The van der Waals surface area contributed by atoms with Crippen molar-refractivity contribution in [3.8, 4) is 0 Å². The molecule has 0 radical (unpaired) electrons. The molecule has 4 aromatic rings. The van der Waals surface area contributed by atoms with Crippen molar-refractivity contribution < 1.29 is 26.4 Å². The number of fused-ring (bicyclic) bond motifs is 1. The predicted octanol–water partition coefficient (Wildman–Crippen LogP) is 3.41. The van der Waals surface area contributed by atoms with Crippen LogP contribution in [0.25, 0.3) is 11.0 Å². The number of H-pyrrole nitrogens is 1. The minimum atomic E-state index is -4.39. The van der Waals surface area contributed by atoms with E-state index < -0.39 is 49.4 Å². The summed E-state index contributed by atoms with van der Waals surface area (Å²) in [5.74, 6) is -4.43. The lowest BCUT2D eigenvalue weighted by Gasteiger charge is -2.12. The number of anilines is 1. The van der Waals surface area contributed by atoms with Crippen molar-refractivity contribution in [3.05, 3.63) is 83.7 Å². The Kier molecular flexibility index (Phi) is 4.74. The van der Waals surface area contributed by atoms with E-state index in [9.17, 15) is 26.4 Å². The van der Waals surface area contributed by atoms with Crippen LogP contribution in [0, 0.1) is 17.5 Å². The Bertz CT molecular complexity index is 1400. The Balaban J connectivity index is 1.76. The number of sulfonamides is 1. The molecule has 0 amide bonds. The fraction of sp³-hybridized carbons (Fsp3) is 0. The summed E-state index contributed by atoms with van der Waals surface area (Å²) in [6.45, 7) is 0. The molecule has 2 aromatic heterocycles. The topological polar surface area (TPSA) is 105 Å². The maximum atomic E-state index is 15.0. The van der Waals surface area contributed by atoms with Gasteiger partial charge in [0.05, 0.1) is 21.7 Å². The maximum Gasteiger partial charge on any atom is 0.262 e. The van der Waals surface area contributed by atoms with E-state index in [1.807, 2.05) is 4.72 Å². The molecule has 0 unspecified atom stereocenters. The fourth-order valence-electron chi connectivity index (χ4n) is 2.86. The summed E-state index contributed by atoms with van der Waals surface area (Å²) in [5, 5.41) is 0.243. The van der Waals surface area contributed by atoms with Gasteiger partial charge in [-0.05, 0) is 30.3 Å². The third-order valence-corrected chi connectivity index (χ3v) is 5.63. The van der Waals surface area contributed by atoms with Crippen LogP contribution >= 0.6 is 0 Å². The average molecular weight is 432 g/mol. The molecule has 0 saturated carbocycles. The summed E-state index contributed by atoms with van der Waals surface area (Å²) in [5.41, 5.74) is -1.43. The Morgan fingerprint density at radius 2 is 1.90 bits per heavy atom. The van der Waals surface area contributed by atoms with Crippen molar-refractivity contribution in [2.24, 2.45) is 0 Å². The summed E-state index contributed by atoms with van der Waals surface area (Å²) in [6, 6.07) is 5.63. The normalized spacial score (nSPS) is 11.6. The van der Waals surface area contributed by atoms with Crippen LogP contribution in [0.2, 0.25) is 0 Å². The number of nitrogens with one attached hydrogen (secondary N) is 2. The van der Waals surface area contributed by atoms with Gasteiger partial charge < -0.3 is 4.98 Å². The van der Waals surface area contributed by atoms with E-state index in [1.54, 1.807) is 0 Å². The van der Waals surface area contributed by atoms with Gasteiger partial charge in [-0.2, -0.15) is 0 Å². The lowest BCUT2D eigenvalue weighted by atomic mass is 10.0. The fourth-order valence-corrected chi connectivity index (χ4v) is 3.95. The second-order valence-corrected chi connectivity index (χ2v) is 7.85. The number of aromatic nitrogens is 3. The molecule has 4 rings (SSSR count). The average Bonchev–Trinajstić information content (AvgIpc) is 3.14. The minimum absolute atomic E-state index is 0.0893. The number of halogens is 3. The zero-order chi connectivity index (χ0) is 21.5. The second kappa shape index (κ2) is 7.26. The van der Waals surface area contributed by atoms with Gasteiger partial charge in [-0.15, -0.1) is 0 Å². The van der Waals surface area contributed by atoms with E-state index in [4.69, 9.17) is 0 Å². The first kappa shape index (κ1) is 19.6. The molecule has 0 fully saturated rings. The molecular weight excluding hydrogens is 421 g/mol. The zero-order valence-corrected chi connectivity index (χ0v) is 15.7. The van der Waals surface area contributed by atoms with E-state index in [1.165, 1.54) is 24.8 Å². The van der Waals surface area contributed by atoms with Gasteiger partial charge in [-0.25, -0.2) is 31.6 Å². The van der Waals surface area contributed by atoms with Gasteiger partial charge in [0.1, 0.15) is 23.6 Å². The number of aromatic amines is 1. The van der Waals surface area contributed by atoms with Crippen molar-refractivity contribution in [2.75, 3.05) is 4.72 Å². The van der Waals surface area contributed by atoms with Gasteiger partial charge in [0.15, 0.2) is 5.82 Å². The molecule has 2 aromatic carbocycles. The molecule has 0 atom stereocenters. The second-order valence-electron chi connectivity index (χ2n) is 6.16. The molecule has 11 heteroatoms. The third kappa shape index (κ3) is 3.39. The summed E-state index contributed by atoms with van der Waals surface area (Å²) in [4.78, 5) is 22.7. The van der Waals surface area contributed by atoms with E-state index in [-0.39, 0.29) is 16.6 Å². The van der Waals surface area contributed by atoms with Crippen molar-refractivity contribution in [3.63, 3.8) is 0 Å². The van der Waals surface area contributed by atoms with Crippen LogP contribution < -0.4 is 4.72 Å². The molecule has 2 N–H and O–H groups in total. The lowest BCUT2D eigenvalue weighted by molar-refractivity contribution is 0.103. The van der Waals surface area contributed by atoms with Crippen LogP contribution in [0.15, 0.2) is 60.0 Å². The molecule has 7 nitrogen and oxygen atoms in total. The van der Waals surface area contributed by atoms with Gasteiger partial charge >= 0.3 is 0 Å². The first-order chi connectivity index (χ1) is 14.3. The zero-order valence-electron chi connectivity index (χ0n) is 14.9. The van der Waals surface area contributed by atoms with Gasteiger partial charge in [-0.1, -0.05) is 6.07 Å². The summed E-state index contributed by atoms with van der Waals surface area (Å²) < 4.78 is 69.5. The SMILES string of the molecule is O=C(c1c(F)ccc(NS(=O)(=O)c2cccc(F)c2)c1F)c1c[nH]c2ncncc12. The number of carbonyl (C=O) groups is 1. The molecule has 2 heterocycles. The Morgan fingerprint density at radius 3 is 2.67 bits per heavy atom. The Morgan fingerprint density at radius 1 is 1.10 bits per heavy atom. The molecule has 0 bridgehead atoms. The van der Waals surface area contributed by atoms with Gasteiger partial charge in [0, 0.05) is 17.8 Å². The van der Waals surface area contributed by atoms with Gasteiger partial charge in [-0.3, -0.25) is 9.52 Å². The number of carbonyl (C=O) groups excluding carboxylic acids is 1. The van der Waals surface area contributed by atoms with Crippen LogP contribution in [-0.2, 0) is 10.0 Å². The summed E-state index contributed by atoms with van der Waals surface area (Å²) in [7, 11) is -4.39. The largest absolute Gasteiger partial charge is 0.345 e. The number of ketones is 1. The van der Waals surface area contributed by atoms with Crippen molar-refractivity contribution >= 4 is 32.5 Å². The van der Waals surface area contributed by atoms with Crippen molar-refractivity contribution in [1.82, 2.24) is 15.0 Å². The molecule has 152 valence electrons. The van der Waals surface area contributed by atoms with Crippen LogP contribution in [0.1, 0.15) is 15.9 Å². The minimum Gasteiger partial charge on any atom is -0.345 e. The molecule has 0 aliphatic carbocycles. The Hall–Kier alpha value is -3.73. The quantitative estimate of drug-likeness (QED) is 0.471. The van der Waals surface area contributed by atoms with Crippen molar-refractivity contribution in [2.45, 2.75) is 4.90 Å². The monoisotopic (exact) mass is 432 g/mol. The van der Waals surface area contributed by atoms with Crippen LogP contribution in [-0.4, -0.2) is 29.2 Å². The lowest BCUT2D eigenvalue weighted by Crippen LogP contribution is -2.16. The third-order valence-electron chi connectivity index (χ3n) is 4.27. The van der Waals surface area contributed by atoms with E-state index in [2.05, 4.69) is 15.0 Å². The Labute approximate surface area is 167 Å². The first-order valence-electron chi connectivity index (χ1n) is 8.36. The standard InChI is InChI=1S/C19H11F3N4O3S/c20-10-2-1-3-11(6-10)30(28,29)26-15-5-4-14(21)16(17(15)22)18(27)12-8-24-19-13(12)7-23-9-25-19/h1-9,26H,(H,23,24,25). The molecule has 30 heavy (non-hydrogen) atoms. The molecule has 0 aliphatic rings. The van der Waals surface area contributed by atoms with Crippen molar-refractivity contribution in [1.29, 1.82) is 0 Å². The number of rotatable bonds is 5. The highest BCUT2D eigenvalue weighted by Gasteiger charge is 2.26. The van der Waals surface area contributed by atoms with E-state index in [0.717, 1.165) is 30.3 Å². The first-order valence-corrected chi connectivity index (χ1v) is 9.84. The van der Waals surface area contributed by atoms with E-state index >= 15 is 0 Å². The van der Waals surface area contributed by atoms with Gasteiger partial charge in [0.25, 0.3) is 10.0 Å². The highest BCUT2D eigenvalue weighted by atomic mass is 32.2. The van der Waals surface area contributed by atoms with Crippen LogP contribution in [0.3, 0.4) is 0 Å². The number of hydrogen-bond donors (Lipinski definition) is 2. The highest BCUT2D eigenvalue weighted by Crippen LogP contribution is 2.28. The molecule has 0 spiro atoms. The smallest absolute Gasteiger partial charge is 0.262 e. The molecule has 0 aliphatic heterocycles. The van der Waals surface area contributed by atoms with Crippen LogP contribution in [0.5, 0.6) is 0 Å². The van der Waals surface area contributed by atoms with Crippen LogP contribution in [0.4, 0.5) is 18.9 Å².